The van der Waals surface area contributed by atoms with Crippen LogP contribution in [-0.4, -0.2) is 53.7 Å². The number of piperidine rings is 1. The zero-order valence-electron chi connectivity index (χ0n) is 20.0. The number of hydrogen-bond donors (Lipinski definition) is 2. The maximum absolute atomic E-state index is 13.3. The third-order valence-electron chi connectivity index (χ3n) is 6.18. The lowest BCUT2D eigenvalue weighted by atomic mass is 9.96. The fourth-order valence-electron chi connectivity index (χ4n) is 4.46. The van der Waals surface area contributed by atoms with Gasteiger partial charge in [0.05, 0.1) is 17.6 Å². The summed E-state index contributed by atoms with van der Waals surface area (Å²) in [5.41, 5.74) is 2.85. The molecule has 1 aromatic heterocycles. The Morgan fingerprint density at radius 3 is 2.74 bits per heavy atom. The Balaban J connectivity index is 1.39. The summed E-state index contributed by atoms with van der Waals surface area (Å²) in [4.78, 5) is 43.3. The van der Waals surface area contributed by atoms with Crippen molar-refractivity contribution in [2.45, 2.75) is 53.2 Å². The van der Waals surface area contributed by atoms with Crippen molar-refractivity contribution in [2.75, 3.05) is 19.9 Å². The molecular weight excluding hydrogens is 438 g/mol. The van der Waals surface area contributed by atoms with Crippen LogP contribution in [0.15, 0.2) is 18.2 Å². The first-order chi connectivity index (χ1) is 16.2. The molecule has 2 amide bonds. The first kappa shape index (κ1) is 23.7. The van der Waals surface area contributed by atoms with E-state index in [0.29, 0.717) is 60.1 Å². The molecule has 0 bridgehead atoms. The average molecular weight is 470 g/mol. The van der Waals surface area contributed by atoms with E-state index < -0.39 is 5.97 Å². The molecule has 1 aromatic carbocycles. The predicted molar refractivity (Wildman–Crippen MR) is 124 cm³/mol. The highest BCUT2D eigenvalue weighted by molar-refractivity contribution is 6.00. The van der Waals surface area contributed by atoms with Crippen molar-refractivity contribution in [1.29, 1.82) is 0 Å². The molecule has 2 aromatic rings. The summed E-state index contributed by atoms with van der Waals surface area (Å²) in [7, 11) is 0. The summed E-state index contributed by atoms with van der Waals surface area (Å²) in [6.07, 6.45) is 1.19. The van der Waals surface area contributed by atoms with Crippen molar-refractivity contribution in [3.05, 3.63) is 46.3 Å². The highest BCUT2D eigenvalue weighted by atomic mass is 16.7. The number of benzene rings is 1. The van der Waals surface area contributed by atoms with Crippen LogP contribution < -0.4 is 14.8 Å². The van der Waals surface area contributed by atoms with E-state index in [0.717, 1.165) is 12.0 Å². The molecule has 0 spiro atoms. The van der Waals surface area contributed by atoms with E-state index in [-0.39, 0.29) is 30.6 Å². The van der Waals surface area contributed by atoms with Gasteiger partial charge in [-0.15, -0.1) is 0 Å². The van der Waals surface area contributed by atoms with E-state index in [1.165, 1.54) is 0 Å². The van der Waals surface area contributed by atoms with Crippen LogP contribution in [0.2, 0.25) is 0 Å². The number of aryl methyl sites for hydroxylation is 1. The van der Waals surface area contributed by atoms with Gasteiger partial charge < -0.3 is 29.4 Å². The van der Waals surface area contributed by atoms with Gasteiger partial charge in [-0.2, -0.15) is 0 Å². The van der Waals surface area contributed by atoms with Crippen LogP contribution in [0.5, 0.6) is 11.5 Å². The SMILES string of the molecule is Cc1[nH]c(C(=O)N2CCC[C@H](C(=O)NCc3ccc4c(c3)OCO4)C2)c(C)c1C(=O)OC(C)C. The quantitative estimate of drug-likeness (QED) is 0.629. The number of fused-ring (bicyclic) bond motifs is 1. The molecule has 2 N–H and O–H groups in total. The largest absolute Gasteiger partial charge is 0.459 e. The molecule has 2 aliphatic heterocycles. The summed E-state index contributed by atoms with van der Waals surface area (Å²) < 4.78 is 16.0. The Morgan fingerprint density at radius 2 is 1.97 bits per heavy atom. The van der Waals surface area contributed by atoms with Crippen molar-refractivity contribution in [1.82, 2.24) is 15.2 Å². The maximum Gasteiger partial charge on any atom is 0.340 e. The van der Waals surface area contributed by atoms with Gasteiger partial charge in [0.15, 0.2) is 11.5 Å². The van der Waals surface area contributed by atoms with Crippen LogP contribution >= 0.6 is 0 Å². The van der Waals surface area contributed by atoms with E-state index in [2.05, 4.69) is 10.3 Å². The molecule has 0 unspecified atom stereocenters. The van der Waals surface area contributed by atoms with Crippen molar-refractivity contribution in [2.24, 2.45) is 5.92 Å². The molecule has 9 nitrogen and oxygen atoms in total. The second-order valence-electron chi connectivity index (χ2n) is 9.07. The van der Waals surface area contributed by atoms with Gasteiger partial charge in [0.2, 0.25) is 12.7 Å². The Hall–Kier alpha value is -3.49. The number of rotatable bonds is 6. The van der Waals surface area contributed by atoms with Gasteiger partial charge in [-0.05, 0) is 63.8 Å². The molecule has 2 aliphatic rings. The first-order valence-corrected chi connectivity index (χ1v) is 11.6. The Bertz CT molecular complexity index is 1110. The van der Waals surface area contributed by atoms with E-state index in [1.807, 2.05) is 18.2 Å². The van der Waals surface area contributed by atoms with E-state index in [4.69, 9.17) is 14.2 Å². The monoisotopic (exact) mass is 469 g/mol. The van der Waals surface area contributed by atoms with Gasteiger partial charge in [-0.1, -0.05) is 6.07 Å². The molecular formula is C25H31N3O6. The summed E-state index contributed by atoms with van der Waals surface area (Å²) in [5, 5.41) is 2.97. The lowest BCUT2D eigenvalue weighted by molar-refractivity contribution is -0.126. The number of likely N-dealkylation sites (tertiary alicyclic amines) is 1. The fourth-order valence-corrected chi connectivity index (χ4v) is 4.46. The van der Waals surface area contributed by atoms with E-state index in [1.54, 1.807) is 32.6 Å². The molecule has 3 heterocycles. The van der Waals surface area contributed by atoms with Crippen LogP contribution in [0.4, 0.5) is 0 Å². The van der Waals surface area contributed by atoms with Gasteiger partial charge in [0, 0.05) is 25.3 Å². The van der Waals surface area contributed by atoms with Gasteiger partial charge >= 0.3 is 5.97 Å². The van der Waals surface area contributed by atoms with Gasteiger partial charge in [-0.25, -0.2) is 4.79 Å². The normalized spacial score (nSPS) is 17.1. The molecule has 4 rings (SSSR count). The lowest BCUT2D eigenvalue weighted by Crippen LogP contribution is -2.45. The number of nitrogens with one attached hydrogen (secondary N) is 2. The van der Waals surface area contributed by atoms with Crippen LogP contribution in [0.25, 0.3) is 0 Å². The molecule has 0 radical (unpaired) electrons. The highest BCUT2D eigenvalue weighted by Gasteiger charge is 2.32. The van der Waals surface area contributed by atoms with Crippen molar-refractivity contribution in [3.8, 4) is 11.5 Å². The molecule has 1 fully saturated rings. The van der Waals surface area contributed by atoms with Gasteiger partial charge in [0.25, 0.3) is 5.91 Å². The Kier molecular flexibility index (Phi) is 6.81. The summed E-state index contributed by atoms with van der Waals surface area (Å²) in [6.45, 7) is 8.53. The number of ether oxygens (including phenoxy) is 3. The number of carbonyl (C=O) groups excluding carboxylic acids is 3. The molecule has 0 saturated carbocycles. The molecule has 34 heavy (non-hydrogen) atoms. The van der Waals surface area contributed by atoms with Gasteiger partial charge in [0.1, 0.15) is 5.69 Å². The molecule has 0 aliphatic carbocycles. The van der Waals surface area contributed by atoms with Crippen LogP contribution in [-0.2, 0) is 16.1 Å². The number of nitrogens with zero attached hydrogens (tertiary/aromatic N) is 1. The highest BCUT2D eigenvalue weighted by Crippen LogP contribution is 2.32. The van der Waals surface area contributed by atoms with Crippen molar-refractivity contribution < 1.29 is 28.6 Å². The number of aromatic nitrogens is 1. The molecule has 9 heteroatoms. The summed E-state index contributed by atoms with van der Waals surface area (Å²) in [5.74, 6) is 0.336. The third-order valence-corrected chi connectivity index (χ3v) is 6.18. The van der Waals surface area contributed by atoms with Crippen molar-refractivity contribution >= 4 is 17.8 Å². The second-order valence-corrected chi connectivity index (χ2v) is 9.07. The standard InChI is InChI=1S/C25H31N3O6/c1-14(2)34-25(31)21-15(3)22(27-16(21)4)24(30)28-9-5-6-18(12-28)23(29)26-11-17-7-8-19-20(10-17)33-13-32-19/h7-8,10,14,18,27H,5-6,9,11-13H2,1-4H3,(H,26,29)/t18-/m0/s1. The number of H-pyrrole nitrogens is 1. The first-order valence-electron chi connectivity index (χ1n) is 11.6. The Morgan fingerprint density at radius 1 is 1.21 bits per heavy atom. The van der Waals surface area contributed by atoms with E-state index >= 15 is 0 Å². The van der Waals surface area contributed by atoms with Crippen LogP contribution in [0, 0.1) is 19.8 Å². The van der Waals surface area contributed by atoms with Gasteiger partial charge in [-0.3, -0.25) is 9.59 Å². The molecule has 182 valence electrons. The smallest absolute Gasteiger partial charge is 0.340 e. The van der Waals surface area contributed by atoms with Crippen molar-refractivity contribution in [3.63, 3.8) is 0 Å². The minimum atomic E-state index is -0.445. The average Bonchev–Trinajstić information content (AvgIpc) is 3.39. The fraction of sp³-hybridized carbons (Fsp3) is 0.480. The number of esters is 1. The molecule has 1 atom stereocenters. The lowest BCUT2D eigenvalue weighted by Gasteiger charge is -2.32. The maximum atomic E-state index is 13.3. The Labute approximate surface area is 198 Å². The number of carbonyl (C=O) groups is 3. The van der Waals surface area contributed by atoms with E-state index in [9.17, 15) is 14.4 Å². The van der Waals surface area contributed by atoms with Crippen LogP contribution in [0.3, 0.4) is 0 Å². The number of aromatic amines is 1. The predicted octanol–water partition coefficient (Wildman–Crippen LogP) is 3.09. The number of hydrogen-bond acceptors (Lipinski definition) is 6. The van der Waals surface area contributed by atoms with Crippen LogP contribution in [0.1, 0.15) is 64.4 Å². The topological polar surface area (TPSA) is 110 Å². The summed E-state index contributed by atoms with van der Waals surface area (Å²) >= 11 is 0. The second kappa shape index (κ2) is 9.79. The zero-order chi connectivity index (χ0) is 24.4. The minimum Gasteiger partial charge on any atom is -0.459 e. The minimum absolute atomic E-state index is 0.0873. The summed E-state index contributed by atoms with van der Waals surface area (Å²) in [6, 6.07) is 5.58. The molecule has 1 saturated heterocycles. The zero-order valence-corrected chi connectivity index (χ0v) is 20.0. The third kappa shape index (κ3) is 4.88. The number of amides is 2.